The average Bonchev–Trinajstić information content (AvgIpc) is 2.66. The summed E-state index contributed by atoms with van der Waals surface area (Å²) in [4.78, 5) is 23.4. The fraction of sp³-hybridized carbons (Fsp3) is 0.714. The fourth-order valence-corrected chi connectivity index (χ4v) is 2.64. The fourth-order valence-electron chi connectivity index (χ4n) is 2.64. The summed E-state index contributed by atoms with van der Waals surface area (Å²) in [5.74, 6) is 0.790. The molecule has 0 saturated carbocycles. The summed E-state index contributed by atoms with van der Waals surface area (Å²) in [5, 5.41) is 14.7. The number of aliphatic hydroxyl groups is 1. The SMILES string of the molecule is CC(C)(C)OC(=O)N[C@H](CO)C(C)(C)C.CC(C)(C)OC(=O)N[C@H](COc1ccccc1)C(C)(C)C. The van der Waals surface area contributed by atoms with Crippen molar-refractivity contribution in [3.63, 3.8) is 0 Å². The van der Waals surface area contributed by atoms with Crippen molar-refractivity contribution >= 4 is 12.2 Å². The molecule has 0 heterocycles. The third-order valence-corrected chi connectivity index (χ3v) is 4.82. The molecular weight excluding hydrogens is 460 g/mol. The highest BCUT2D eigenvalue weighted by Crippen LogP contribution is 2.22. The summed E-state index contributed by atoms with van der Waals surface area (Å²) in [7, 11) is 0. The van der Waals surface area contributed by atoms with Crippen molar-refractivity contribution in [3.8, 4) is 5.75 Å². The molecule has 8 nitrogen and oxygen atoms in total. The van der Waals surface area contributed by atoms with Gasteiger partial charge in [-0.3, -0.25) is 0 Å². The van der Waals surface area contributed by atoms with Crippen LogP contribution in [0.15, 0.2) is 30.3 Å². The Morgan fingerprint density at radius 1 is 0.722 bits per heavy atom. The van der Waals surface area contributed by atoms with E-state index in [0.717, 1.165) is 5.75 Å². The lowest BCUT2D eigenvalue weighted by Crippen LogP contribution is -2.49. The number of carbonyl (C=O) groups excluding carboxylic acids is 2. The second-order valence-electron chi connectivity index (χ2n) is 12.9. The van der Waals surface area contributed by atoms with Gasteiger partial charge in [-0.25, -0.2) is 9.59 Å². The van der Waals surface area contributed by atoms with Gasteiger partial charge in [0.2, 0.25) is 0 Å². The molecule has 0 radical (unpaired) electrons. The van der Waals surface area contributed by atoms with E-state index in [4.69, 9.17) is 19.3 Å². The molecule has 0 spiro atoms. The van der Waals surface area contributed by atoms with E-state index in [2.05, 4.69) is 31.4 Å². The zero-order chi connectivity index (χ0) is 28.4. The number of hydrogen-bond acceptors (Lipinski definition) is 6. The summed E-state index contributed by atoms with van der Waals surface area (Å²) < 4.78 is 16.2. The zero-order valence-electron chi connectivity index (χ0n) is 24.4. The number of carbonyl (C=O) groups is 2. The number of alkyl carbamates (subject to hydrolysis) is 2. The molecule has 0 aliphatic carbocycles. The predicted octanol–water partition coefficient (Wildman–Crippen LogP) is 5.92. The summed E-state index contributed by atoms with van der Waals surface area (Å²) >= 11 is 0. The van der Waals surface area contributed by atoms with Crippen molar-refractivity contribution in [1.29, 1.82) is 0 Å². The summed E-state index contributed by atoms with van der Waals surface area (Å²) in [6, 6.07) is 9.12. The van der Waals surface area contributed by atoms with Crippen LogP contribution in [0.25, 0.3) is 0 Å². The molecule has 0 aromatic heterocycles. The van der Waals surface area contributed by atoms with Crippen LogP contribution in [-0.2, 0) is 9.47 Å². The molecule has 0 saturated heterocycles. The molecule has 0 aliphatic rings. The standard InChI is InChI=1S/C17H27NO3.C11H23NO3/c1-16(2,3)14(18-15(19)21-17(4,5)6)12-20-13-10-8-7-9-11-13;1-10(2,3)8(7-13)12-9(14)15-11(4,5)6/h7-11,14H,12H2,1-6H3,(H,18,19);8,13H,7H2,1-6H3,(H,12,14)/t14-;8-/m11/s1. The molecule has 0 bridgehead atoms. The van der Waals surface area contributed by atoms with Crippen LogP contribution in [0.5, 0.6) is 5.75 Å². The molecule has 3 N–H and O–H groups in total. The number of nitrogens with one attached hydrogen (secondary N) is 2. The van der Waals surface area contributed by atoms with Crippen LogP contribution in [0.4, 0.5) is 9.59 Å². The average molecular weight is 511 g/mol. The monoisotopic (exact) mass is 510 g/mol. The maximum atomic E-state index is 11.9. The summed E-state index contributed by atoms with van der Waals surface area (Å²) in [6.07, 6.45) is -0.907. The number of benzene rings is 1. The van der Waals surface area contributed by atoms with Crippen molar-refractivity contribution < 1.29 is 28.9 Å². The molecule has 1 aromatic carbocycles. The van der Waals surface area contributed by atoms with E-state index in [1.54, 1.807) is 20.8 Å². The molecule has 36 heavy (non-hydrogen) atoms. The van der Waals surface area contributed by atoms with Gasteiger partial charge in [-0.05, 0) is 64.5 Å². The predicted molar refractivity (Wildman–Crippen MR) is 144 cm³/mol. The second kappa shape index (κ2) is 13.7. The third kappa shape index (κ3) is 16.2. The smallest absolute Gasteiger partial charge is 0.408 e. The van der Waals surface area contributed by atoms with E-state index in [1.807, 2.05) is 71.9 Å². The molecule has 208 valence electrons. The number of rotatable bonds is 6. The van der Waals surface area contributed by atoms with Crippen LogP contribution in [0.3, 0.4) is 0 Å². The van der Waals surface area contributed by atoms with Crippen LogP contribution >= 0.6 is 0 Å². The van der Waals surface area contributed by atoms with Gasteiger partial charge in [0.1, 0.15) is 23.6 Å². The van der Waals surface area contributed by atoms with Gasteiger partial charge >= 0.3 is 12.2 Å². The van der Waals surface area contributed by atoms with Crippen LogP contribution < -0.4 is 15.4 Å². The van der Waals surface area contributed by atoms with Gasteiger partial charge in [0.15, 0.2) is 0 Å². The zero-order valence-corrected chi connectivity index (χ0v) is 24.4. The number of hydrogen-bond donors (Lipinski definition) is 3. The minimum atomic E-state index is -0.512. The number of aliphatic hydroxyl groups excluding tert-OH is 1. The topological polar surface area (TPSA) is 106 Å². The lowest BCUT2D eigenvalue weighted by Gasteiger charge is -2.32. The number of para-hydroxylation sites is 1. The van der Waals surface area contributed by atoms with E-state index in [1.165, 1.54) is 0 Å². The second-order valence-corrected chi connectivity index (χ2v) is 12.9. The van der Waals surface area contributed by atoms with Crippen LogP contribution in [-0.4, -0.2) is 53.8 Å². The van der Waals surface area contributed by atoms with Gasteiger partial charge < -0.3 is 30.0 Å². The Labute approximate surface area is 218 Å². The number of amides is 2. The Hall–Kier alpha value is -2.48. The van der Waals surface area contributed by atoms with E-state index in [-0.39, 0.29) is 29.5 Å². The molecule has 2 atom stereocenters. The van der Waals surface area contributed by atoms with E-state index >= 15 is 0 Å². The largest absolute Gasteiger partial charge is 0.491 e. The first-order valence-corrected chi connectivity index (χ1v) is 12.4. The Kier molecular flexibility index (Phi) is 12.8. The third-order valence-electron chi connectivity index (χ3n) is 4.82. The first-order valence-electron chi connectivity index (χ1n) is 12.4. The molecule has 2 amide bonds. The maximum absolute atomic E-state index is 11.9. The summed E-state index contributed by atoms with van der Waals surface area (Å²) in [5.41, 5.74) is -1.34. The minimum Gasteiger partial charge on any atom is -0.491 e. The quantitative estimate of drug-likeness (QED) is 0.438. The number of ether oxygens (including phenoxy) is 3. The lowest BCUT2D eigenvalue weighted by atomic mass is 9.87. The van der Waals surface area contributed by atoms with E-state index in [0.29, 0.717) is 6.61 Å². The Balaban J connectivity index is 0.000000723. The van der Waals surface area contributed by atoms with E-state index in [9.17, 15) is 9.59 Å². The van der Waals surface area contributed by atoms with Crippen LogP contribution in [0, 0.1) is 10.8 Å². The summed E-state index contributed by atoms with van der Waals surface area (Å²) in [6.45, 7) is 23.3. The van der Waals surface area contributed by atoms with Crippen molar-refractivity contribution in [2.24, 2.45) is 10.8 Å². The van der Waals surface area contributed by atoms with Gasteiger partial charge in [0.25, 0.3) is 0 Å². The maximum Gasteiger partial charge on any atom is 0.408 e. The minimum absolute atomic E-state index is 0.0945. The van der Waals surface area contributed by atoms with Crippen molar-refractivity contribution in [1.82, 2.24) is 10.6 Å². The highest BCUT2D eigenvalue weighted by atomic mass is 16.6. The Morgan fingerprint density at radius 2 is 1.11 bits per heavy atom. The Bertz CT molecular complexity index is 783. The van der Waals surface area contributed by atoms with Crippen molar-refractivity contribution in [3.05, 3.63) is 30.3 Å². The molecule has 1 aromatic rings. The van der Waals surface area contributed by atoms with Gasteiger partial charge in [-0.1, -0.05) is 59.7 Å². The normalized spacial score (nSPS) is 13.9. The first kappa shape index (κ1) is 33.5. The molecule has 0 aliphatic heterocycles. The lowest BCUT2D eigenvalue weighted by molar-refractivity contribution is 0.0414. The molecular formula is C28H50N2O6. The van der Waals surface area contributed by atoms with Crippen LogP contribution in [0.1, 0.15) is 83.1 Å². The van der Waals surface area contributed by atoms with Crippen molar-refractivity contribution in [2.75, 3.05) is 13.2 Å². The van der Waals surface area contributed by atoms with Gasteiger partial charge in [-0.15, -0.1) is 0 Å². The molecule has 8 heteroatoms. The van der Waals surface area contributed by atoms with E-state index < -0.39 is 23.4 Å². The van der Waals surface area contributed by atoms with Crippen LogP contribution in [0.2, 0.25) is 0 Å². The Morgan fingerprint density at radius 3 is 1.44 bits per heavy atom. The van der Waals surface area contributed by atoms with Gasteiger partial charge in [0.05, 0.1) is 18.7 Å². The first-order chi connectivity index (χ1) is 16.1. The van der Waals surface area contributed by atoms with Gasteiger partial charge in [0, 0.05) is 0 Å². The van der Waals surface area contributed by atoms with Crippen molar-refractivity contribution in [2.45, 2.75) is 106 Å². The molecule has 0 unspecified atom stereocenters. The molecule has 0 fully saturated rings. The van der Waals surface area contributed by atoms with Gasteiger partial charge in [-0.2, -0.15) is 0 Å². The highest BCUT2D eigenvalue weighted by Gasteiger charge is 2.29. The molecule has 1 rings (SSSR count). The highest BCUT2D eigenvalue weighted by molar-refractivity contribution is 5.68.